The predicted octanol–water partition coefficient (Wildman–Crippen LogP) is 4.39. The molecule has 22 heavy (non-hydrogen) atoms. The summed E-state index contributed by atoms with van der Waals surface area (Å²) in [6.45, 7) is 13.1. The molecular weight excluding hydrogens is 274 g/mol. The van der Waals surface area contributed by atoms with E-state index in [2.05, 4.69) is 74.3 Å². The number of nitrogens with zero attached hydrogens (tertiary/aromatic N) is 4. The van der Waals surface area contributed by atoms with Gasteiger partial charge in [-0.15, -0.1) is 5.10 Å². The lowest BCUT2D eigenvalue weighted by Gasteiger charge is -2.12. The van der Waals surface area contributed by atoms with Gasteiger partial charge in [0.15, 0.2) is 0 Å². The molecule has 2 aromatic rings. The van der Waals surface area contributed by atoms with Crippen molar-refractivity contribution in [3.05, 3.63) is 29.3 Å². The van der Waals surface area contributed by atoms with E-state index >= 15 is 0 Å². The van der Waals surface area contributed by atoms with Gasteiger partial charge in [0.05, 0.1) is 11.4 Å². The summed E-state index contributed by atoms with van der Waals surface area (Å²) < 4.78 is 1.93. The van der Waals surface area contributed by atoms with E-state index in [0.29, 0.717) is 23.8 Å². The molecule has 0 amide bonds. The summed E-state index contributed by atoms with van der Waals surface area (Å²) in [5.41, 5.74) is 3.48. The zero-order valence-corrected chi connectivity index (χ0v) is 14.7. The van der Waals surface area contributed by atoms with Crippen LogP contribution in [0.2, 0.25) is 0 Å². The zero-order valence-electron chi connectivity index (χ0n) is 14.7. The van der Waals surface area contributed by atoms with Crippen LogP contribution < -0.4 is 0 Å². The smallest absolute Gasteiger partial charge is 0.0855 e. The van der Waals surface area contributed by atoms with Gasteiger partial charge >= 0.3 is 0 Å². The number of hydrogen-bond donors (Lipinski definition) is 1. The van der Waals surface area contributed by atoms with Crippen LogP contribution >= 0.6 is 0 Å². The summed E-state index contributed by atoms with van der Waals surface area (Å²) in [7, 11) is 0. The Hall–Kier alpha value is -1.65. The van der Waals surface area contributed by atoms with Gasteiger partial charge in [-0.1, -0.05) is 32.9 Å². The van der Waals surface area contributed by atoms with E-state index in [1.807, 2.05) is 4.68 Å². The lowest BCUT2D eigenvalue weighted by molar-refractivity contribution is 0.514. The van der Waals surface area contributed by atoms with E-state index in [9.17, 15) is 0 Å². The summed E-state index contributed by atoms with van der Waals surface area (Å²) in [5, 5.41) is 16.1. The van der Waals surface area contributed by atoms with Crippen molar-refractivity contribution in [2.45, 2.75) is 78.2 Å². The van der Waals surface area contributed by atoms with Gasteiger partial charge in [-0.2, -0.15) is 5.10 Å². The third-order valence-electron chi connectivity index (χ3n) is 4.33. The van der Waals surface area contributed by atoms with Gasteiger partial charge in [0.2, 0.25) is 0 Å². The minimum Gasteiger partial charge on any atom is -0.282 e. The number of H-pyrrole nitrogens is 1. The Morgan fingerprint density at radius 1 is 1.00 bits per heavy atom. The van der Waals surface area contributed by atoms with E-state index in [-0.39, 0.29) is 0 Å². The second-order valence-corrected chi connectivity index (χ2v) is 7.00. The molecule has 2 unspecified atom stereocenters. The SMILES string of the molecule is CC(C)c1cc(C(C)CCC(C)c2cn(C(C)C)nn2)[nH]n1. The van der Waals surface area contributed by atoms with Gasteiger partial charge in [0.25, 0.3) is 0 Å². The van der Waals surface area contributed by atoms with Gasteiger partial charge in [0.1, 0.15) is 0 Å². The summed E-state index contributed by atoms with van der Waals surface area (Å²) in [6.07, 6.45) is 4.30. The summed E-state index contributed by atoms with van der Waals surface area (Å²) in [6, 6.07) is 2.57. The first-order valence-electron chi connectivity index (χ1n) is 8.35. The lowest BCUT2D eigenvalue weighted by atomic mass is 9.94. The summed E-state index contributed by atoms with van der Waals surface area (Å²) in [4.78, 5) is 0. The molecule has 0 saturated heterocycles. The molecule has 0 aliphatic rings. The molecule has 2 heterocycles. The van der Waals surface area contributed by atoms with Crippen LogP contribution in [-0.4, -0.2) is 25.2 Å². The molecule has 0 saturated carbocycles. The number of hydrogen-bond acceptors (Lipinski definition) is 3. The first-order valence-corrected chi connectivity index (χ1v) is 8.35. The minimum absolute atomic E-state index is 0.367. The molecule has 0 aliphatic heterocycles. The molecule has 2 atom stereocenters. The van der Waals surface area contributed by atoms with Crippen LogP contribution in [0, 0.1) is 0 Å². The van der Waals surface area contributed by atoms with E-state index in [1.165, 1.54) is 5.69 Å². The van der Waals surface area contributed by atoms with Crippen LogP contribution in [0.5, 0.6) is 0 Å². The fraction of sp³-hybridized carbons (Fsp3) is 0.706. The Morgan fingerprint density at radius 2 is 1.68 bits per heavy atom. The van der Waals surface area contributed by atoms with Gasteiger partial charge in [-0.05, 0) is 44.6 Å². The van der Waals surface area contributed by atoms with E-state index in [1.54, 1.807) is 0 Å². The third kappa shape index (κ3) is 3.96. The molecule has 0 bridgehead atoms. The molecule has 2 aromatic heterocycles. The molecule has 2 rings (SSSR count). The maximum absolute atomic E-state index is 4.39. The molecule has 0 aromatic carbocycles. The fourth-order valence-electron chi connectivity index (χ4n) is 2.47. The van der Waals surface area contributed by atoms with Crippen molar-refractivity contribution >= 4 is 0 Å². The number of aromatic nitrogens is 5. The zero-order chi connectivity index (χ0) is 16.3. The molecule has 1 N–H and O–H groups in total. The van der Waals surface area contributed by atoms with Crippen molar-refractivity contribution in [2.24, 2.45) is 0 Å². The van der Waals surface area contributed by atoms with Crippen LogP contribution in [0.1, 0.15) is 95.3 Å². The Balaban J connectivity index is 1.90. The van der Waals surface area contributed by atoms with Crippen LogP contribution in [0.4, 0.5) is 0 Å². The second-order valence-electron chi connectivity index (χ2n) is 7.00. The van der Waals surface area contributed by atoms with Gasteiger partial charge in [0, 0.05) is 23.9 Å². The van der Waals surface area contributed by atoms with Crippen molar-refractivity contribution in [1.82, 2.24) is 25.2 Å². The highest BCUT2D eigenvalue weighted by Gasteiger charge is 2.16. The van der Waals surface area contributed by atoms with E-state index in [4.69, 9.17) is 0 Å². The first-order chi connectivity index (χ1) is 10.4. The van der Waals surface area contributed by atoms with Crippen molar-refractivity contribution in [1.29, 1.82) is 0 Å². The molecular formula is C17H29N5. The van der Waals surface area contributed by atoms with Crippen LogP contribution in [0.15, 0.2) is 12.3 Å². The van der Waals surface area contributed by atoms with Crippen LogP contribution in [0.25, 0.3) is 0 Å². The second kappa shape index (κ2) is 7.07. The average molecular weight is 303 g/mol. The molecule has 0 aliphatic carbocycles. The maximum atomic E-state index is 4.39. The average Bonchev–Trinajstić information content (AvgIpc) is 3.12. The molecule has 5 nitrogen and oxygen atoms in total. The Morgan fingerprint density at radius 3 is 2.23 bits per heavy atom. The molecule has 5 heteroatoms. The molecule has 122 valence electrons. The van der Waals surface area contributed by atoms with E-state index < -0.39 is 0 Å². The topological polar surface area (TPSA) is 59.4 Å². The highest BCUT2D eigenvalue weighted by atomic mass is 15.4. The van der Waals surface area contributed by atoms with Gasteiger partial charge in [-0.25, -0.2) is 4.68 Å². The quantitative estimate of drug-likeness (QED) is 0.825. The minimum atomic E-state index is 0.367. The third-order valence-corrected chi connectivity index (χ3v) is 4.33. The molecule has 0 spiro atoms. The Kier molecular flexibility index (Phi) is 5.37. The fourth-order valence-corrected chi connectivity index (χ4v) is 2.47. The molecule has 0 fully saturated rings. The Labute approximate surface area is 133 Å². The largest absolute Gasteiger partial charge is 0.282 e. The summed E-state index contributed by atoms with van der Waals surface area (Å²) >= 11 is 0. The van der Waals surface area contributed by atoms with Crippen LogP contribution in [0.3, 0.4) is 0 Å². The number of rotatable bonds is 7. The highest BCUT2D eigenvalue weighted by molar-refractivity contribution is 5.15. The maximum Gasteiger partial charge on any atom is 0.0855 e. The van der Waals surface area contributed by atoms with Gasteiger partial charge < -0.3 is 0 Å². The van der Waals surface area contributed by atoms with E-state index in [0.717, 1.165) is 24.2 Å². The van der Waals surface area contributed by atoms with Crippen molar-refractivity contribution in [3.63, 3.8) is 0 Å². The summed E-state index contributed by atoms with van der Waals surface area (Å²) in [5.74, 6) is 1.40. The predicted molar refractivity (Wildman–Crippen MR) is 89.1 cm³/mol. The first kappa shape index (κ1) is 16.7. The van der Waals surface area contributed by atoms with Crippen molar-refractivity contribution in [3.8, 4) is 0 Å². The lowest BCUT2D eigenvalue weighted by Crippen LogP contribution is -2.01. The monoisotopic (exact) mass is 303 g/mol. The van der Waals surface area contributed by atoms with Gasteiger partial charge in [-0.3, -0.25) is 5.10 Å². The normalized spacial score (nSPS) is 14.7. The number of aromatic amines is 1. The highest BCUT2D eigenvalue weighted by Crippen LogP contribution is 2.27. The standard InChI is InChI=1S/C17H29N5/c1-11(2)15-9-16(19-18-15)13(5)7-8-14(6)17-10-22(12(3)4)21-20-17/h9-14H,7-8H2,1-6H3,(H,18,19). The van der Waals surface area contributed by atoms with Crippen LogP contribution in [-0.2, 0) is 0 Å². The van der Waals surface area contributed by atoms with Crippen molar-refractivity contribution < 1.29 is 0 Å². The van der Waals surface area contributed by atoms with Crippen molar-refractivity contribution in [2.75, 3.05) is 0 Å². The molecule has 0 radical (unpaired) electrons. The number of nitrogens with one attached hydrogen (secondary N) is 1. The Bertz CT molecular complexity index is 529.